The van der Waals surface area contributed by atoms with Crippen molar-refractivity contribution in [2.75, 3.05) is 5.32 Å². The van der Waals surface area contributed by atoms with Crippen molar-refractivity contribution in [3.05, 3.63) is 52.5 Å². The standard InChI is InChI=1S/C13H10BrNO/c14-10-5-6-13-11(7-10)15-8-9-3-1-2-4-12(9)16-13/h1-7,15H,8H2. The molecule has 0 fully saturated rings. The van der Waals surface area contributed by atoms with E-state index in [9.17, 15) is 0 Å². The van der Waals surface area contributed by atoms with Crippen LogP contribution < -0.4 is 10.1 Å². The van der Waals surface area contributed by atoms with Gasteiger partial charge in [0.2, 0.25) is 0 Å². The van der Waals surface area contributed by atoms with E-state index in [1.165, 1.54) is 5.56 Å². The zero-order valence-corrected chi connectivity index (χ0v) is 10.1. The number of ether oxygens (including phenoxy) is 1. The molecule has 0 amide bonds. The van der Waals surface area contributed by atoms with Gasteiger partial charge in [-0.1, -0.05) is 34.1 Å². The number of halogens is 1. The van der Waals surface area contributed by atoms with Crippen molar-refractivity contribution in [1.29, 1.82) is 0 Å². The van der Waals surface area contributed by atoms with Gasteiger partial charge in [-0.25, -0.2) is 0 Å². The topological polar surface area (TPSA) is 21.3 Å². The summed E-state index contributed by atoms with van der Waals surface area (Å²) >= 11 is 3.46. The lowest BCUT2D eigenvalue weighted by Crippen LogP contribution is -1.96. The number of para-hydroxylation sites is 1. The van der Waals surface area contributed by atoms with Gasteiger partial charge in [-0.3, -0.25) is 0 Å². The van der Waals surface area contributed by atoms with Crippen molar-refractivity contribution < 1.29 is 4.74 Å². The molecule has 0 atom stereocenters. The lowest BCUT2D eigenvalue weighted by atomic mass is 10.2. The molecule has 3 heteroatoms. The first-order chi connectivity index (χ1) is 7.83. The maximum Gasteiger partial charge on any atom is 0.150 e. The van der Waals surface area contributed by atoms with E-state index in [1.807, 2.05) is 36.4 Å². The first-order valence-corrected chi connectivity index (χ1v) is 5.91. The molecule has 0 unspecified atom stereocenters. The van der Waals surface area contributed by atoms with Crippen LogP contribution in [-0.2, 0) is 6.54 Å². The fraction of sp³-hybridized carbons (Fsp3) is 0.0769. The molecule has 0 aromatic heterocycles. The van der Waals surface area contributed by atoms with Gasteiger partial charge < -0.3 is 10.1 Å². The van der Waals surface area contributed by atoms with E-state index in [4.69, 9.17) is 4.74 Å². The van der Waals surface area contributed by atoms with Gasteiger partial charge >= 0.3 is 0 Å². The van der Waals surface area contributed by atoms with Crippen molar-refractivity contribution in [1.82, 2.24) is 0 Å². The van der Waals surface area contributed by atoms with Crippen LogP contribution in [0.1, 0.15) is 5.56 Å². The number of benzene rings is 2. The quantitative estimate of drug-likeness (QED) is 0.779. The van der Waals surface area contributed by atoms with Crippen molar-refractivity contribution in [3.63, 3.8) is 0 Å². The third-order valence-electron chi connectivity index (χ3n) is 2.60. The first-order valence-electron chi connectivity index (χ1n) is 5.12. The van der Waals surface area contributed by atoms with Crippen molar-refractivity contribution in [2.24, 2.45) is 0 Å². The molecular formula is C13H10BrNO. The van der Waals surface area contributed by atoms with Crippen molar-refractivity contribution >= 4 is 21.6 Å². The van der Waals surface area contributed by atoms with Crippen LogP contribution in [0.3, 0.4) is 0 Å². The van der Waals surface area contributed by atoms with Crippen LogP contribution in [0, 0.1) is 0 Å². The molecule has 1 aliphatic rings. The minimum absolute atomic E-state index is 0.791. The summed E-state index contributed by atoms with van der Waals surface area (Å²) in [6.07, 6.45) is 0. The molecule has 2 nitrogen and oxygen atoms in total. The van der Waals surface area contributed by atoms with E-state index < -0.39 is 0 Å². The third kappa shape index (κ3) is 1.67. The molecule has 0 spiro atoms. The molecule has 0 saturated carbocycles. The van der Waals surface area contributed by atoms with E-state index in [0.717, 1.165) is 28.2 Å². The molecule has 0 saturated heterocycles. The van der Waals surface area contributed by atoms with E-state index in [1.54, 1.807) is 0 Å². The summed E-state index contributed by atoms with van der Waals surface area (Å²) in [6, 6.07) is 14.1. The van der Waals surface area contributed by atoms with Gasteiger partial charge in [0, 0.05) is 16.6 Å². The number of anilines is 1. The van der Waals surface area contributed by atoms with Gasteiger partial charge in [0.05, 0.1) is 5.69 Å². The Hall–Kier alpha value is -1.48. The van der Waals surface area contributed by atoms with Gasteiger partial charge in [0.25, 0.3) is 0 Å². The van der Waals surface area contributed by atoms with Crippen LogP contribution >= 0.6 is 15.9 Å². The van der Waals surface area contributed by atoms with Gasteiger partial charge in [-0.15, -0.1) is 0 Å². The second kappa shape index (κ2) is 3.83. The Morgan fingerprint density at radius 1 is 1.06 bits per heavy atom. The van der Waals surface area contributed by atoms with Crippen LogP contribution in [0.5, 0.6) is 11.5 Å². The monoisotopic (exact) mass is 275 g/mol. The number of hydrogen-bond donors (Lipinski definition) is 1. The van der Waals surface area contributed by atoms with E-state index in [2.05, 4.69) is 27.3 Å². The molecule has 3 rings (SSSR count). The van der Waals surface area contributed by atoms with Crippen LogP contribution in [0.2, 0.25) is 0 Å². The number of fused-ring (bicyclic) bond motifs is 2. The summed E-state index contributed by atoms with van der Waals surface area (Å²) in [6.45, 7) is 0.791. The van der Waals surface area contributed by atoms with Crippen LogP contribution in [0.15, 0.2) is 46.9 Å². The van der Waals surface area contributed by atoms with Crippen molar-refractivity contribution in [3.8, 4) is 11.5 Å². The molecule has 0 aliphatic carbocycles. The van der Waals surface area contributed by atoms with Crippen LogP contribution in [-0.4, -0.2) is 0 Å². The van der Waals surface area contributed by atoms with Gasteiger partial charge in [-0.2, -0.15) is 0 Å². The summed E-state index contributed by atoms with van der Waals surface area (Å²) in [5.41, 5.74) is 2.19. The Morgan fingerprint density at radius 3 is 2.88 bits per heavy atom. The van der Waals surface area contributed by atoms with Crippen LogP contribution in [0.25, 0.3) is 0 Å². The lowest BCUT2D eigenvalue weighted by molar-refractivity contribution is 0.484. The number of hydrogen-bond acceptors (Lipinski definition) is 2. The van der Waals surface area contributed by atoms with Gasteiger partial charge in [0.1, 0.15) is 5.75 Å². The highest BCUT2D eigenvalue weighted by atomic mass is 79.9. The molecule has 2 aromatic carbocycles. The highest BCUT2D eigenvalue weighted by Gasteiger charge is 2.13. The van der Waals surface area contributed by atoms with Gasteiger partial charge in [-0.05, 0) is 24.3 Å². The minimum atomic E-state index is 0.791. The number of nitrogens with one attached hydrogen (secondary N) is 1. The second-order valence-corrected chi connectivity index (χ2v) is 4.62. The zero-order chi connectivity index (χ0) is 11.0. The van der Waals surface area contributed by atoms with E-state index in [-0.39, 0.29) is 0 Å². The summed E-state index contributed by atoms with van der Waals surface area (Å²) in [5, 5.41) is 3.37. The molecule has 1 heterocycles. The Kier molecular flexibility index (Phi) is 2.33. The maximum atomic E-state index is 5.87. The number of rotatable bonds is 0. The summed E-state index contributed by atoms with van der Waals surface area (Å²) in [7, 11) is 0. The molecule has 1 N–H and O–H groups in total. The maximum absolute atomic E-state index is 5.87. The average molecular weight is 276 g/mol. The normalized spacial score (nSPS) is 12.8. The molecule has 80 valence electrons. The summed E-state index contributed by atoms with van der Waals surface area (Å²) in [5.74, 6) is 1.80. The predicted molar refractivity (Wildman–Crippen MR) is 68.0 cm³/mol. The SMILES string of the molecule is Brc1ccc2c(c1)NCc1ccccc1O2. The Morgan fingerprint density at radius 2 is 1.94 bits per heavy atom. The highest BCUT2D eigenvalue weighted by molar-refractivity contribution is 9.10. The fourth-order valence-electron chi connectivity index (χ4n) is 1.79. The third-order valence-corrected chi connectivity index (χ3v) is 3.10. The fourth-order valence-corrected chi connectivity index (χ4v) is 2.15. The molecule has 1 aliphatic heterocycles. The largest absolute Gasteiger partial charge is 0.455 e. The molecular weight excluding hydrogens is 266 g/mol. The smallest absolute Gasteiger partial charge is 0.150 e. The molecule has 0 radical (unpaired) electrons. The predicted octanol–water partition coefficient (Wildman–Crippen LogP) is 4.17. The molecule has 0 bridgehead atoms. The average Bonchev–Trinajstić information content (AvgIpc) is 2.48. The zero-order valence-electron chi connectivity index (χ0n) is 8.53. The minimum Gasteiger partial charge on any atom is -0.455 e. The Balaban J connectivity index is 2.08. The Bertz CT molecular complexity index is 539. The van der Waals surface area contributed by atoms with Crippen molar-refractivity contribution in [2.45, 2.75) is 6.54 Å². The highest BCUT2D eigenvalue weighted by Crippen LogP contribution is 2.36. The molecule has 2 aromatic rings. The Labute approximate surface area is 102 Å². The summed E-state index contributed by atoms with van der Waals surface area (Å²) in [4.78, 5) is 0. The van der Waals surface area contributed by atoms with E-state index >= 15 is 0 Å². The second-order valence-electron chi connectivity index (χ2n) is 3.70. The van der Waals surface area contributed by atoms with Gasteiger partial charge in [0.15, 0.2) is 5.75 Å². The first kappa shape index (κ1) is 9.73. The van der Waals surface area contributed by atoms with Crippen LogP contribution in [0.4, 0.5) is 5.69 Å². The molecule has 16 heavy (non-hydrogen) atoms. The van der Waals surface area contributed by atoms with E-state index in [0.29, 0.717) is 0 Å². The lowest BCUT2D eigenvalue weighted by Gasteiger charge is -2.07. The summed E-state index contributed by atoms with van der Waals surface area (Å²) < 4.78 is 6.92.